The van der Waals surface area contributed by atoms with Crippen molar-refractivity contribution in [3.63, 3.8) is 0 Å². The first-order chi connectivity index (χ1) is 20.4. The minimum atomic E-state index is -1.32. The third-order valence-corrected chi connectivity index (χ3v) is 5.98. The molecule has 1 atom stereocenters. The molecule has 3 aromatic rings. The van der Waals surface area contributed by atoms with E-state index in [4.69, 9.17) is 14.2 Å². The number of hydrogen-bond donors (Lipinski definition) is 3. The minimum Gasteiger partial charge on any atom is -0.445 e. The highest BCUT2D eigenvalue weighted by Gasteiger charge is 2.34. The zero-order valence-electron chi connectivity index (χ0n) is 25.3. The van der Waals surface area contributed by atoms with Crippen LogP contribution in [0, 0.1) is 0 Å². The van der Waals surface area contributed by atoms with E-state index in [1.807, 2.05) is 60.7 Å². The maximum Gasteiger partial charge on any atom is 0.408 e. The van der Waals surface area contributed by atoms with Gasteiger partial charge in [-0.25, -0.2) is 14.3 Å². The highest BCUT2D eigenvalue weighted by Crippen LogP contribution is 2.15. The molecule has 0 bridgehead atoms. The van der Waals surface area contributed by atoms with Gasteiger partial charge in [-0.05, 0) is 62.6 Å². The van der Waals surface area contributed by atoms with E-state index in [2.05, 4.69) is 31.5 Å². The van der Waals surface area contributed by atoms with Gasteiger partial charge in [0.25, 0.3) is 0 Å². The molecular formula is C30H41N7O6. The lowest BCUT2D eigenvalue weighted by molar-refractivity contribution is -0.127. The number of benzene rings is 2. The van der Waals surface area contributed by atoms with Crippen LogP contribution in [0.3, 0.4) is 0 Å². The topological polar surface area (TPSA) is 159 Å². The van der Waals surface area contributed by atoms with Crippen molar-refractivity contribution in [2.24, 2.45) is 0 Å². The normalized spacial score (nSPS) is 12.2. The van der Waals surface area contributed by atoms with E-state index in [-0.39, 0.29) is 13.2 Å². The fourth-order valence-electron chi connectivity index (χ4n) is 3.82. The van der Waals surface area contributed by atoms with Crippen LogP contribution in [0.2, 0.25) is 0 Å². The number of carbonyl (C=O) groups excluding carboxylic acids is 3. The van der Waals surface area contributed by atoms with Crippen LogP contribution in [0.25, 0.3) is 0 Å². The molecule has 2 aromatic carbocycles. The Bertz CT molecular complexity index is 1310. The zero-order valence-corrected chi connectivity index (χ0v) is 25.3. The second-order valence-electron chi connectivity index (χ2n) is 11.4. The number of amides is 3. The molecule has 3 amide bonds. The Kier molecular flexibility index (Phi) is 12.0. The second-order valence-corrected chi connectivity index (χ2v) is 11.4. The molecule has 232 valence electrons. The molecule has 0 aliphatic rings. The molecule has 1 heterocycles. The van der Waals surface area contributed by atoms with Gasteiger partial charge in [-0.15, -0.1) is 5.10 Å². The summed E-state index contributed by atoms with van der Waals surface area (Å²) in [5, 5.41) is 20.2. The predicted molar refractivity (Wildman–Crippen MR) is 157 cm³/mol. The Balaban J connectivity index is 1.60. The van der Waals surface area contributed by atoms with Gasteiger partial charge >= 0.3 is 12.2 Å². The van der Waals surface area contributed by atoms with E-state index in [9.17, 15) is 14.4 Å². The fourth-order valence-corrected chi connectivity index (χ4v) is 3.82. The third kappa shape index (κ3) is 11.7. The summed E-state index contributed by atoms with van der Waals surface area (Å²) in [5.74, 6) is -0.120. The largest absolute Gasteiger partial charge is 0.445 e. The van der Waals surface area contributed by atoms with Crippen LogP contribution in [0.4, 0.5) is 9.59 Å². The molecule has 13 heteroatoms. The molecule has 43 heavy (non-hydrogen) atoms. The Morgan fingerprint density at radius 3 is 2.14 bits per heavy atom. The Morgan fingerprint density at radius 2 is 1.51 bits per heavy atom. The van der Waals surface area contributed by atoms with Gasteiger partial charge in [0, 0.05) is 13.1 Å². The number of carbonyl (C=O) groups is 3. The van der Waals surface area contributed by atoms with Gasteiger partial charge < -0.3 is 30.2 Å². The fraction of sp³-hybridized carbons (Fsp3) is 0.467. The van der Waals surface area contributed by atoms with Crippen LogP contribution in [0.5, 0.6) is 0 Å². The lowest BCUT2D eigenvalue weighted by Crippen LogP contribution is -2.56. The van der Waals surface area contributed by atoms with Crippen LogP contribution in [-0.4, -0.2) is 62.6 Å². The Labute approximate surface area is 251 Å². The Hall–Kier alpha value is -4.52. The van der Waals surface area contributed by atoms with Crippen LogP contribution >= 0.6 is 0 Å². The minimum absolute atomic E-state index is 0.0631. The summed E-state index contributed by atoms with van der Waals surface area (Å²) in [6.07, 6.45) is -0.750. The molecule has 0 saturated heterocycles. The summed E-state index contributed by atoms with van der Waals surface area (Å²) >= 11 is 0. The second kappa shape index (κ2) is 15.6. The Morgan fingerprint density at radius 1 is 0.884 bits per heavy atom. The van der Waals surface area contributed by atoms with Gasteiger partial charge in [0.05, 0.1) is 13.2 Å². The molecule has 0 saturated carbocycles. The van der Waals surface area contributed by atoms with Gasteiger partial charge in [-0.1, -0.05) is 60.7 Å². The molecule has 13 nitrogen and oxygen atoms in total. The first-order valence-corrected chi connectivity index (χ1v) is 14.1. The number of aromatic nitrogens is 4. The molecular weight excluding hydrogens is 554 g/mol. The molecule has 0 aliphatic heterocycles. The lowest BCUT2D eigenvalue weighted by atomic mass is 10.0. The standard InChI is InChI=1S/C30H41N7O6/c1-29(2,3)43-28(40)33-30(4,5)26(38)32-24(21-41-19-22-13-8-6-9-14-22)25-34-35-36-37(25)18-12-17-31-27(39)42-20-23-15-10-7-11-16-23/h6-11,13-16,24H,12,17-21H2,1-5H3,(H,31,39)(H,32,38)(H,33,40)/t24-/m1/s1. The van der Waals surface area contributed by atoms with Crippen molar-refractivity contribution in [2.45, 2.75) is 78.0 Å². The van der Waals surface area contributed by atoms with Crippen LogP contribution in [0.1, 0.15) is 64.0 Å². The van der Waals surface area contributed by atoms with E-state index in [1.54, 1.807) is 39.3 Å². The first kappa shape index (κ1) is 33.0. The van der Waals surface area contributed by atoms with Crippen molar-refractivity contribution in [3.05, 3.63) is 77.6 Å². The van der Waals surface area contributed by atoms with E-state index in [0.29, 0.717) is 31.9 Å². The number of rotatable bonds is 14. The van der Waals surface area contributed by atoms with Gasteiger partial charge in [0.2, 0.25) is 5.91 Å². The summed E-state index contributed by atoms with van der Waals surface area (Å²) in [4.78, 5) is 37.8. The van der Waals surface area contributed by atoms with Gasteiger partial charge in [-0.2, -0.15) is 0 Å². The van der Waals surface area contributed by atoms with Crippen molar-refractivity contribution >= 4 is 18.1 Å². The van der Waals surface area contributed by atoms with Crippen molar-refractivity contribution in [2.75, 3.05) is 13.2 Å². The van der Waals surface area contributed by atoms with Gasteiger partial charge in [0.15, 0.2) is 5.82 Å². The van der Waals surface area contributed by atoms with Crippen molar-refractivity contribution < 1.29 is 28.6 Å². The quantitative estimate of drug-likeness (QED) is 0.236. The maximum absolute atomic E-state index is 13.3. The van der Waals surface area contributed by atoms with Gasteiger partial charge in [-0.3, -0.25) is 4.79 Å². The first-order valence-electron chi connectivity index (χ1n) is 14.1. The average molecular weight is 596 g/mol. The van der Waals surface area contributed by atoms with E-state index in [0.717, 1.165) is 11.1 Å². The number of nitrogens with zero attached hydrogens (tertiary/aromatic N) is 4. The van der Waals surface area contributed by atoms with E-state index < -0.39 is 35.3 Å². The monoisotopic (exact) mass is 595 g/mol. The van der Waals surface area contributed by atoms with Crippen molar-refractivity contribution in [3.8, 4) is 0 Å². The number of alkyl carbamates (subject to hydrolysis) is 2. The number of aryl methyl sites for hydroxylation is 1. The summed E-state index contributed by atoms with van der Waals surface area (Å²) in [6, 6.07) is 18.3. The SMILES string of the molecule is CC(C)(C)OC(=O)NC(C)(C)C(=O)N[C@H](COCc1ccccc1)c1nnnn1CCCNC(=O)OCc1ccccc1. The highest BCUT2D eigenvalue weighted by atomic mass is 16.6. The summed E-state index contributed by atoms with van der Waals surface area (Å²) in [6.45, 7) is 9.57. The summed E-state index contributed by atoms with van der Waals surface area (Å²) in [5.41, 5.74) is -0.185. The maximum atomic E-state index is 13.3. The average Bonchev–Trinajstić information content (AvgIpc) is 3.42. The summed E-state index contributed by atoms with van der Waals surface area (Å²) < 4.78 is 18.0. The van der Waals surface area contributed by atoms with Crippen molar-refractivity contribution in [1.29, 1.82) is 0 Å². The number of nitrogens with one attached hydrogen (secondary N) is 3. The molecule has 3 N–H and O–H groups in total. The molecule has 0 spiro atoms. The third-order valence-electron chi connectivity index (χ3n) is 5.98. The molecule has 3 rings (SSSR count). The summed E-state index contributed by atoms with van der Waals surface area (Å²) in [7, 11) is 0. The van der Waals surface area contributed by atoms with Crippen LogP contribution in [0.15, 0.2) is 60.7 Å². The van der Waals surface area contributed by atoms with E-state index in [1.165, 1.54) is 0 Å². The highest BCUT2D eigenvalue weighted by molar-refractivity contribution is 5.89. The number of ether oxygens (including phenoxy) is 3. The number of hydrogen-bond acceptors (Lipinski definition) is 9. The van der Waals surface area contributed by atoms with E-state index >= 15 is 0 Å². The smallest absolute Gasteiger partial charge is 0.408 e. The zero-order chi connectivity index (χ0) is 31.3. The molecule has 0 fully saturated rings. The molecule has 0 unspecified atom stereocenters. The molecule has 0 radical (unpaired) electrons. The van der Waals surface area contributed by atoms with Crippen LogP contribution in [-0.2, 0) is 38.8 Å². The van der Waals surface area contributed by atoms with Crippen molar-refractivity contribution in [1.82, 2.24) is 36.2 Å². The number of tetrazole rings is 1. The van der Waals surface area contributed by atoms with Crippen LogP contribution < -0.4 is 16.0 Å². The lowest BCUT2D eigenvalue weighted by Gasteiger charge is -2.29. The predicted octanol–water partition coefficient (Wildman–Crippen LogP) is 3.67. The van der Waals surface area contributed by atoms with Gasteiger partial charge in [0.1, 0.15) is 23.8 Å². The molecule has 1 aromatic heterocycles. The molecule has 0 aliphatic carbocycles.